The third kappa shape index (κ3) is 2.92. The second-order valence-corrected chi connectivity index (χ2v) is 6.53. The lowest BCUT2D eigenvalue weighted by Gasteiger charge is -2.08. The fraction of sp³-hybridized carbons (Fsp3) is 0.263. The van der Waals surface area contributed by atoms with Gasteiger partial charge in [0.15, 0.2) is 0 Å². The van der Waals surface area contributed by atoms with Crippen LogP contribution in [0.1, 0.15) is 13.8 Å². The molecule has 0 bridgehead atoms. The van der Waals surface area contributed by atoms with E-state index in [2.05, 4.69) is 39.2 Å². The molecule has 1 N–H and O–H groups in total. The van der Waals surface area contributed by atoms with Crippen LogP contribution in [0.5, 0.6) is 5.88 Å². The normalized spacial score (nSPS) is 11.4. The van der Waals surface area contributed by atoms with Crippen molar-refractivity contribution in [3.8, 4) is 17.0 Å². The summed E-state index contributed by atoms with van der Waals surface area (Å²) in [5, 5.41) is 8.66. The maximum Gasteiger partial charge on any atom is 0.241 e. The molecular weight excluding hydrogens is 328 g/mol. The van der Waals surface area contributed by atoms with Crippen LogP contribution in [0.3, 0.4) is 0 Å². The molecule has 0 atom stereocenters. The highest BCUT2D eigenvalue weighted by Gasteiger charge is 2.11. The Kier molecular flexibility index (Phi) is 4.12. The van der Waals surface area contributed by atoms with E-state index in [0.717, 1.165) is 34.1 Å². The number of methoxy groups -OCH3 is 1. The number of aromatic nitrogens is 5. The minimum Gasteiger partial charge on any atom is -0.480 e. The van der Waals surface area contributed by atoms with E-state index in [-0.39, 0.29) is 0 Å². The number of hydrogen-bond donors (Lipinski definition) is 1. The Labute approximate surface area is 151 Å². The Bertz CT molecular complexity index is 1070. The van der Waals surface area contributed by atoms with E-state index in [1.165, 1.54) is 6.33 Å². The van der Waals surface area contributed by atoms with Gasteiger partial charge in [0.1, 0.15) is 6.33 Å². The van der Waals surface area contributed by atoms with Crippen molar-refractivity contribution in [3.05, 3.63) is 43.0 Å². The van der Waals surface area contributed by atoms with E-state index in [9.17, 15) is 0 Å². The molecule has 0 saturated carbocycles. The van der Waals surface area contributed by atoms with E-state index in [1.807, 2.05) is 41.2 Å². The first kappa shape index (κ1) is 16.3. The van der Waals surface area contributed by atoms with Gasteiger partial charge in [-0.1, -0.05) is 19.9 Å². The van der Waals surface area contributed by atoms with Crippen LogP contribution in [0, 0.1) is 5.92 Å². The van der Waals surface area contributed by atoms with E-state index in [0.29, 0.717) is 17.7 Å². The predicted molar refractivity (Wildman–Crippen MR) is 101 cm³/mol. The lowest BCUT2D eigenvalue weighted by molar-refractivity contribution is 0.402. The van der Waals surface area contributed by atoms with Gasteiger partial charge in [-0.25, -0.2) is 19.5 Å². The van der Waals surface area contributed by atoms with Crippen molar-refractivity contribution in [2.24, 2.45) is 5.92 Å². The van der Waals surface area contributed by atoms with Gasteiger partial charge in [0.25, 0.3) is 0 Å². The van der Waals surface area contributed by atoms with Crippen molar-refractivity contribution < 1.29 is 4.74 Å². The van der Waals surface area contributed by atoms with Gasteiger partial charge in [0.05, 0.1) is 29.7 Å². The average molecular weight is 348 g/mol. The number of nitrogens with zero attached hydrogens (tertiary/aromatic N) is 5. The number of anilines is 1. The first-order valence-corrected chi connectivity index (χ1v) is 8.53. The maximum absolute atomic E-state index is 5.36. The van der Waals surface area contributed by atoms with Gasteiger partial charge in [0.2, 0.25) is 11.8 Å². The molecule has 0 unspecified atom stereocenters. The van der Waals surface area contributed by atoms with Gasteiger partial charge in [-0.15, -0.1) is 5.10 Å². The lowest BCUT2D eigenvalue weighted by Crippen LogP contribution is -2.11. The van der Waals surface area contributed by atoms with Crippen molar-refractivity contribution in [3.63, 3.8) is 0 Å². The SMILES string of the molecule is COc1ncnc2ccc(-c3ccn4nc(NCC(C)C)ncc34)cc12. The van der Waals surface area contributed by atoms with Crippen LogP contribution in [0.25, 0.3) is 27.5 Å². The molecule has 4 aromatic rings. The fourth-order valence-corrected chi connectivity index (χ4v) is 2.88. The summed E-state index contributed by atoms with van der Waals surface area (Å²) < 4.78 is 7.20. The number of fused-ring (bicyclic) bond motifs is 2. The van der Waals surface area contributed by atoms with Gasteiger partial charge in [-0.2, -0.15) is 0 Å². The van der Waals surface area contributed by atoms with Crippen LogP contribution in [0.4, 0.5) is 5.95 Å². The standard InChI is InChI=1S/C19H20N6O/c1-12(2)9-20-19-21-10-17-14(6-7-25(17)24-19)13-4-5-16-15(8-13)18(26-3)23-11-22-16/h4-8,10-12H,9H2,1-3H3,(H,20,24). The van der Waals surface area contributed by atoms with Gasteiger partial charge in [-0.3, -0.25) is 0 Å². The van der Waals surface area contributed by atoms with Crippen LogP contribution in [-0.2, 0) is 0 Å². The van der Waals surface area contributed by atoms with Gasteiger partial charge >= 0.3 is 0 Å². The highest BCUT2D eigenvalue weighted by atomic mass is 16.5. The summed E-state index contributed by atoms with van der Waals surface area (Å²) in [6.45, 7) is 5.14. The topological polar surface area (TPSA) is 77.2 Å². The van der Waals surface area contributed by atoms with Crippen molar-refractivity contribution >= 4 is 22.4 Å². The number of ether oxygens (including phenoxy) is 1. The summed E-state index contributed by atoms with van der Waals surface area (Å²) in [7, 11) is 1.61. The molecule has 3 aromatic heterocycles. The molecule has 4 rings (SSSR count). The molecule has 0 fully saturated rings. The van der Waals surface area contributed by atoms with Crippen molar-refractivity contribution in [1.82, 2.24) is 24.6 Å². The van der Waals surface area contributed by atoms with E-state index in [1.54, 1.807) is 7.11 Å². The summed E-state index contributed by atoms with van der Waals surface area (Å²) >= 11 is 0. The Morgan fingerprint density at radius 3 is 2.85 bits per heavy atom. The summed E-state index contributed by atoms with van der Waals surface area (Å²) in [4.78, 5) is 12.9. The minimum atomic E-state index is 0.532. The second-order valence-electron chi connectivity index (χ2n) is 6.53. The van der Waals surface area contributed by atoms with Crippen LogP contribution in [0.15, 0.2) is 43.0 Å². The highest BCUT2D eigenvalue weighted by molar-refractivity contribution is 5.91. The molecule has 0 radical (unpaired) electrons. The molecule has 1 aromatic carbocycles. The Hall–Kier alpha value is -3.22. The van der Waals surface area contributed by atoms with Crippen molar-refractivity contribution in [2.45, 2.75) is 13.8 Å². The number of rotatable bonds is 5. The van der Waals surface area contributed by atoms with Gasteiger partial charge < -0.3 is 10.1 Å². The molecule has 7 nitrogen and oxygen atoms in total. The van der Waals surface area contributed by atoms with Crippen LogP contribution >= 0.6 is 0 Å². The molecule has 3 heterocycles. The first-order valence-electron chi connectivity index (χ1n) is 8.53. The third-order valence-electron chi connectivity index (χ3n) is 4.19. The van der Waals surface area contributed by atoms with Crippen LogP contribution < -0.4 is 10.1 Å². The number of hydrogen-bond acceptors (Lipinski definition) is 6. The lowest BCUT2D eigenvalue weighted by atomic mass is 10.1. The molecule has 7 heteroatoms. The molecule has 0 saturated heterocycles. The Balaban J connectivity index is 1.76. The smallest absolute Gasteiger partial charge is 0.241 e. The van der Waals surface area contributed by atoms with Crippen LogP contribution in [-0.4, -0.2) is 38.2 Å². The minimum absolute atomic E-state index is 0.532. The van der Waals surface area contributed by atoms with Gasteiger partial charge in [-0.05, 0) is 29.7 Å². The molecule has 0 aliphatic heterocycles. The zero-order chi connectivity index (χ0) is 18.1. The average Bonchev–Trinajstić information content (AvgIpc) is 3.08. The second kappa shape index (κ2) is 6.59. The van der Waals surface area contributed by atoms with E-state index in [4.69, 9.17) is 4.74 Å². The Morgan fingerprint density at radius 2 is 2.04 bits per heavy atom. The summed E-state index contributed by atoms with van der Waals surface area (Å²) in [5.41, 5.74) is 3.88. The first-order chi connectivity index (χ1) is 12.7. The molecule has 132 valence electrons. The molecule has 26 heavy (non-hydrogen) atoms. The quantitative estimate of drug-likeness (QED) is 0.595. The largest absolute Gasteiger partial charge is 0.480 e. The Morgan fingerprint density at radius 1 is 1.15 bits per heavy atom. The van der Waals surface area contributed by atoms with Crippen molar-refractivity contribution in [1.29, 1.82) is 0 Å². The van der Waals surface area contributed by atoms with Crippen LogP contribution in [0.2, 0.25) is 0 Å². The predicted octanol–water partition coefficient (Wildman–Crippen LogP) is 3.42. The van der Waals surface area contributed by atoms with E-state index >= 15 is 0 Å². The monoisotopic (exact) mass is 348 g/mol. The third-order valence-corrected chi connectivity index (χ3v) is 4.19. The van der Waals surface area contributed by atoms with Crippen molar-refractivity contribution in [2.75, 3.05) is 19.0 Å². The fourth-order valence-electron chi connectivity index (χ4n) is 2.88. The number of nitrogens with one attached hydrogen (secondary N) is 1. The summed E-state index contributed by atoms with van der Waals surface area (Å²) in [6.07, 6.45) is 5.29. The molecule has 0 aliphatic rings. The van der Waals surface area contributed by atoms with Gasteiger partial charge in [0, 0.05) is 18.3 Å². The summed E-state index contributed by atoms with van der Waals surface area (Å²) in [6, 6.07) is 8.08. The molecule has 0 spiro atoms. The van der Waals surface area contributed by atoms with E-state index < -0.39 is 0 Å². The molecular formula is C19H20N6O. The zero-order valence-electron chi connectivity index (χ0n) is 15.0. The summed E-state index contributed by atoms with van der Waals surface area (Å²) in [5.74, 6) is 1.73. The highest BCUT2D eigenvalue weighted by Crippen LogP contribution is 2.30. The zero-order valence-corrected chi connectivity index (χ0v) is 15.0. The maximum atomic E-state index is 5.36. The molecule has 0 amide bonds. The number of benzene rings is 1. The molecule has 0 aliphatic carbocycles.